The third-order valence-corrected chi connectivity index (χ3v) is 4.88. The molecule has 0 spiro atoms. The van der Waals surface area contributed by atoms with Gasteiger partial charge in [0.2, 0.25) is 0 Å². The SMILES string of the molecule is O=C(NC1CCCCC1Cl)c1ccc2c(c1)CCC2. The van der Waals surface area contributed by atoms with E-state index in [1.807, 2.05) is 6.07 Å². The van der Waals surface area contributed by atoms with E-state index in [2.05, 4.69) is 17.4 Å². The van der Waals surface area contributed by atoms with Crippen LogP contribution in [0.15, 0.2) is 18.2 Å². The Hall–Kier alpha value is -1.02. The molecule has 1 N–H and O–H groups in total. The minimum Gasteiger partial charge on any atom is -0.348 e. The summed E-state index contributed by atoms with van der Waals surface area (Å²) in [5.74, 6) is 0.0345. The molecule has 0 heterocycles. The summed E-state index contributed by atoms with van der Waals surface area (Å²) in [7, 11) is 0. The molecule has 3 rings (SSSR count). The number of alkyl halides is 1. The van der Waals surface area contributed by atoms with Gasteiger partial charge in [-0.25, -0.2) is 0 Å². The van der Waals surface area contributed by atoms with Crippen molar-refractivity contribution in [1.29, 1.82) is 0 Å². The minimum absolute atomic E-state index is 0.0345. The summed E-state index contributed by atoms with van der Waals surface area (Å²) in [4.78, 5) is 12.3. The summed E-state index contributed by atoms with van der Waals surface area (Å²) in [6, 6.07) is 6.25. The van der Waals surface area contributed by atoms with Gasteiger partial charge in [0.15, 0.2) is 0 Å². The molecule has 1 fully saturated rings. The van der Waals surface area contributed by atoms with Gasteiger partial charge in [-0.1, -0.05) is 18.9 Å². The fourth-order valence-electron chi connectivity index (χ4n) is 3.21. The van der Waals surface area contributed by atoms with Crippen LogP contribution in [-0.2, 0) is 12.8 Å². The minimum atomic E-state index is 0.0345. The van der Waals surface area contributed by atoms with Gasteiger partial charge in [0.25, 0.3) is 5.91 Å². The van der Waals surface area contributed by atoms with Gasteiger partial charge < -0.3 is 5.32 Å². The maximum atomic E-state index is 12.3. The van der Waals surface area contributed by atoms with Gasteiger partial charge >= 0.3 is 0 Å². The highest BCUT2D eigenvalue weighted by molar-refractivity contribution is 6.21. The number of benzene rings is 1. The number of hydrogen-bond donors (Lipinski definition) is 1. The summed E-state index contributed by atoms with van der Waals surface area (Å²) in [5.41, 5.74) is 3.54. The van der Waals surface area contributed by atoms with Gasteiger partial charge in [-0.15, -0.1) is 11.6 Å². The molecule has 2 atom stereocenters. The second-order valence-electron chi connectivity index (χ2n) is 5.72. The third-order valence-electron chi connectivity index (χ3n) is 4.36. The van der Waals surface area contributed by atoms with Crippen molar-refractivity contribution in [3.8, 4) is 0 Å². The summed E-state index contributed by atoms with van der Waals surface area (Å²) < 4.78 is 0. The zero-order chi connectivity index (χ0) is 13.2. The molecule has 2 aliphatic carbocycles. The highest BCUT2D eigenvalue weighted by atomic mass is 35.5. The fourth-order valence-corrected chi connectivity index (χ4v) is 3.56. The van der Waals surface area contributed by atoms with Crippen molar-refractivity contribution in [3.63, 3.8) is 0 Å². The maximum Gasteiger partial charge on any atom is 0.251 e. The van der Waals surface area contributed by atoms with Crippen molar-refractivity contribution in [2.75, 3.05) is 0 Å². The number of rotatable bonds is 2. The first kappa shape index (κ1) is 13.0. The molecule has 1 aromatic rings. The Balaban J connectivity index is 1.70. The molecule has 1 amide bonds. The van der Waals surface area contributed by atoms with Gasteiger partial charge in [-0.3, -0.25) is 4.79 Å². The Morgan fingerprint density at radius 3 is 2.74 bits per heavy atom. The summed E-state index contributed by atoms with van der Waals surface area (Å²) in [6.07, 6.45) is 7.84. The van der Waals surface area contributed by atoms with Crippen LogP contribution < -0.4 is 5.32 Å². The van der Waals surface area contributed by atoms with E-state index in [0.717, 1.165) is 31.2 Å². The van der Waals surface area contributed by atoms with Crippen molar-refractivity contribution < 1.29 is 4.79 Å². The van der Waals surface area contributed by atoms with Crippen molar-refractivity contribution >= 4 is 17.5 Å². The molecule has 2 unspecified atom stereocenters. The van der Waals surface area contributed by atoms with E-state index < -0.39 is 0 Å². The zero-order valence-corrected chi connectivity index (χ0v) is 11.9. The maximum absolute atomic E-state index is 12.3. The first-order valence-corrected chi connectivity index (χ1v) is 7.74. The lowest BCUT2D eigenvalue weighted by Crippen LogP contribution is -2.42. The number of nitrogens with one attached hydrogen (secondary N) is 1. The first-order chi connectivity index (χ1) is 9.24. The van der Waals surface area contributed by atoms with E-state index in [9.17, 15) is 4.79 Å². The Labute approximate surface area is 119 Å². The quantitative estimate of drug-likeness (QED) is 0.824. The van der Waals surface area contributed by atoms with Crippen molar-refractivity contribution in [2.24, 2.45) is 0 Å². The topological polar surface area (TPSA) is 29.1 Å². The highest BCUT2D eigenvalue weighted by Crippen LogP contribution is 2.25. The first-order valence-electron chi connectivity index (χ1n) is 7.31. The molecule has 2 aliphatic rings. The lowest BCUT2D eigenvalue weighted by atomic mass is 9.94. The van der Waals surface area contributed by atoms with Crippen LogP contribution in [0.25, 0.3) is 0 Å². The number of aryl methyl sites for hydroxylation is 2. The summed E-state index contributed by atoms with van der Waals surface area (Å²) in [6.45, 7) is 0. The van der Waals surface area contributed by atoms with Crippen molar-refractivity contribution in [1.82, 2.24) is 5.32 Å². The molecule has 19 heavy (non-hydrogen) atoms. The van der Waals surface area contributed by atoms with E-state index in [-0.39, 0.29) is 17.3 Å². The molecular weight excluding hydrogens is 258 g/mol. The van der Waals surface area contributed by atoms with Gasteiger partial charge in [-0.05, 0) is 55.4 Å². The average Bonchev–Trinajstić information content (AvgIpc) is 2.88. The van der Waals surface area contributed by atoms with Gasteiger partial charge in [-0.2, -0.15) is 0 Å². The standard InChI is InChI=1S/C16H20ClNO/c17-14-6-1-2-7-15(14)18-16(19)13-9-8-11-4-3-5-12(11)10-13/h8-10,14-15H,1-7H2,(H,18,19). The van der Waals surface area contributed by atoms with Gasteiger partial charge in [0.1, 0.15) is 0 Å². The predicted molar refractivity (Wildman–Crippen MR) is 77.8 cm³/mol. The van der Waals surface area contributed by atoms with Crippen LogP contribution in [0.4, 0.5) is 0 Å². The molecule has 0 aliphatic heterocycles. The molecule has 1 aromatic carbocycles. The molecule has 0 bridgehead atoms. The van der Waals surface area contributed by atoms with Crippen LogP contribution >= 0.6 is 11.6 Å². The van der Waals surface area contributed by atoms with Crippen LogP contribution in [-0.4, -0.2) is 17.3 Å². The van der Waals surface area contributed by atoms with Crippen molar-refractivity contribution in [2.45, 2.75) is 56.4 Å². The third kappa shape index (κ3) is 2.79. The van der Waals surface area contributed by atoms with Gasteiger partial charge in [0.05, 0.1) is 5.38 Å². The monoisotopic (exact) mass is 277 g/mol. The number of carbonyl (C=O) groups is 1. The fraction of sp³-hybridized carbons (Fsp3) is 0.562. The Morgan fingerprint density at radius 2 is 1.89 bits per heavy atom. The largest absolute Gasteiger partial charge is 0.348 e. The summed E-state index contributed by atoms with van der Waals surface area (Å²) in [5, 5.41) is 3.20. The number of amides is 1. The Bertz CT molecular complexity index is 486. The molecule has 2 nitrogen and oxygen atoms in total. The number of hydrogen-bond acceptors (Lipinski definition) is 1. The van der Waals surface area contributed by atoms with Gasteiger partial charge in [0, 0.05) is 11.6 Å². The van der Waals surface area contributed by atoms with Crippen LogP contribution in [0.1, 0.15) is 53.6 Å². The molecule has 0 aromatic heterocycles. The van der Waals surface area contributed by atoms with Crippen molar-refractivity contribution in [3.05, 3.63) is 34.9 Å². The average molecular weight is 278 g/mol. The molecular formula is C16H20ClNO. The van der Waals surface area contributed by atoms with Crippen LogP contribution in [0, 0.1) is 0 Å². The number of fused-ring (bicyclic) bond motifs is 1. The number of carbonyl (C=O) groups excluding carboxylic acids is 1. The van der Waals surface area contributed by atoms with E-state index in [1.165, 1.54) is 30.4 Å². The predicted octanol–water partition coefficient (Wildman–Crippen LogP) is 3.46. The van der Waals surface area contributed by atoms with E-state index in [0.29, 0.717) is 0 Å². The number of halogens is 1. The van der Waals surface area contributed by atoms with E-state index in [1.54, 1.807) is 0 Å². The molecule has 102 valence electrons. The molecule has 1 saturated carbocycles. The van der Waals surface area contributed by atoms with Crippen LogP contribution in [0.2, 0.25) is 0 Å². The molecule has 0 saturated heterocycles. The lowest BCUT2D eigenvalue weighted by molar-refractivity contribution is 0.0928. The zero-order valence-electron chi connectivity index (χ0n) is 11.1. The smallest absolute Gasteiger partial charge is 0.251 e. The van der Waals surface area contributed by atoms with E-state index >= 15 is 0 Å². The lowest BCUT2D eigenvalue weighted by Gasteiger charge is -2.27. The molecule has 3 heteroatoms. The summed E-state index contributed by atoms with van der Waals surface area (Å²) >= 11 is 6.29. The normalized spacial score (nSPS) is 25.9. The highest BCUT2D eigenvalue weighted by Gasteiger charge is 2.25. The van der Waals surface area contributed by atoms with E-state index in [4.69, 9.17) is 11.6 Å². The second-order valence-corrected chi connectivity index (χ2v) is 6.28. The van der Waals surface area contributed by atoms with Crippen LogP contribution in [0.5, 0.6) is 0 Å². The Morgan fingerprint density at radius 1 is 1.11 bits per heavy atom. The van der Waals surface area contributed by atoms with Crippen LogP contribution in [0.3, 0.4) is 0 Å². The Kier molecular flexibility index (Phi) is 3.79. The second kappa shape index (κ2) is 5.54. The molecule has 0 radical (unpaired) electrons.